The smallest absolute Gasteiger partial charge is 0.232 e. The minimum absolute atomic E-state index is 0.00646. The van der Waals surface area contributed by atoms with Gasteiger partial charge < -0.3 is 5.32 Å². The molecule has 0 radical (unpaired) electrons. The van der Waals surface area contributed by atoms with E-state index in [-0.39, 0.29) is 11.8 Å². The molecule has 1 amide bonds. The maximum Gasteiger partial charge on any atom is 0.232 e. The molecule has 2 aromatic heterocycles. The maximum absolute atomic E-state index is 12.2. The highest BCUT2D eigenvalue weighted by atomic mass is 32.2. The lowest BCUT2D eigenvalue weighted by atomic mass is 10.1. The van der Waals surface area contributed by atoms with Crippen molar-refractivity contribution < 1.29 is 4.79 Å². The summed E-state index contributed by atoms with van der Waals surface area (Å²) in [5.74, 6) is -0.137. The number of anilines is 1. The van der Waals surface area contributed by atoms with Gasteiger partial charge in [-0.25, -0.2) is 0 Å². The summed E-state index contributed by atoms with van der Waals surface area (Å²) < 4.78 is 0.906. The number of aromatic nitrogens is 2. The number of amides is 1. The number of hydrogen-bond acceptors (Lipinski definition) is 6. The van der Waals surface area contributed by atoms with E-state index in [9.17, 15) is 4.79 Å². The van der Waals surface area contributed by atoms with Crippen LogP contribution in [0.4, 0.5) is 5.69 Å². The van der Waals surface area contributed by atoms with Gasteiger partial charge in [0.05, 0.1) is 5.92 Å². The molecule has 0 spiro atoms. The first-order chi connectivity index (χ1) is 10.7. The van der Waals surface area contributed by atoms with Gasteiger partial charge in [0.25, 0.3) is 0 Å². The van der Waals surface area contributed by atoms with E-state index >= 15 is 0 Å². The molecule has 1 aromatic carbocycles. The van der Waals surface area contributed by atoms with E-state index in [1.165, 1.54) is 11.3 Å². The Morgan fingerprint density at radius 3 is 2.68 bits per heavy atom. The lowest BCUT2D eigenvalue weighted by molar-refractivity contribution is -0.117. The summed E-state index contributed by atoms with van der Waals surface area (Å²) in [6.45, 7) is 1.92. The Morgan fingerprint density at radius 2 is 2.05 bits per heavy atom. The lowest BCUT2D eigenvalue weighted by Crippen LogP contribution is -2.17. The molecule has 0 aliphatic carbocycles. The fourth-order valence-electron chi connectivity index (χ4n) is 1.83. The van der Waals surface area contributed by atoms with Crippen LogP contribution in [-0.2, 0) is 4.79 Å². The van der Waals surface area contributed by atoms with Gasteiger partial charge in [0, 0.05) is 15.5 Å². The van der Waals surface area contributed by atoms with Crippen LogP contribution in [0.1, 0.15) is 17.7 Å². The fraction of sp³-hybridized carbons (Fsp3) is 0.133. The van der Waals surface area contributed by atoms with Crippen LogP contribution in [0.5, 0.6) is 0 Å². The van der Waals surface area contributed by atoms with Gasteiger partial charge in [-0.1, -0.05) is 29.2 Å². The lowest BCUT2D eigenvalue weighted by Gasteiger charge is -2.11. The van der Waals surface area contributed by atoms with E-state index in [1.807, 2.05) is 48.7 Å². The minimum atomic E-state index is -0.143. The van der Waals surface area contributed by atoms with Crippen molar-refractivity contribution in [3.05, 3.63) is 52.2 Å². The largest absolute Gasteiger partial charge is 0.326 e. The zero-order chi connectivity index (χ0) is 15.4. The predicted octanol–water partition coefficient (Wildman–Crippen LogP) is 4.49. The summed E-state index contributed by atoms with van der Waals surface area (Å²) in [6, 6.07) is 11.7. The van der Waals surface area contributed by atoms with Crippen LogP contribution in [0.15, 0.2) is 56.5 Å². The van der Waals surface area contributed by atoms with Gasteiger partial charge in [-0.05, 0) is 42.6 Å². The quantitative estimate of drug-likeness (QED) is 0.739. The first kappa shape index (κ1) is 15.2. The normalized spacial score (nSPS) is 12.0. The molecule has 3 aromatic rings. The molecule has 7 heteroatoms. The molecule has 0 saturated carbocycles. The number of carbonyl (C=O) groups is 1. The van der Waals surface area contributed by atoms with Gasteiger partial charge in [0.15, 0.2) is 4.34 Å². The van der Waals surface area contributed by atoms with E-state index in [1.54, 1.807) is 28.6 Å². The number of carbonyl (C=O) groups excluding carboxylic acids is 1. The zero-order valence-electron chi connectivity index (χ0n) is 11.7. The van der Waals surface area contributed by atoms with Crippen LogP contribution in [0, 0.1) is 0 Å². The van der Waals surface area contributed by atoms with Gasteiger partial charge in [-0.15, -0.1) is 21.5 Å². The second-order valence-corrected chi connectivity index (χ2v) is 7.69. The molecule has 4 nitrogen and oxygen atoms in total. The molecule has 112 valence electrons. The monoisotopic (exact) mass is 347 g/mol. The Morgan fingerprint density at radius 1 is 1.23 bits per heavy atom. The summed E-state index contributed by atoms with van der Waals surface area (Å²) in [5, 5.41) is 12.7. The van der Waals surface area contributed by atoms with Crippen LogP contribution in [0.25, 0.3) is 0 Å². The summed E-state index contributed by atoms with van der Waals surface area (Å²) >= 11 is 4.67. The molecule has 2 heterocycles. The van der Waals surface area contributed by atoms with Crippen molar-refractivity contribution in [2.75, 3.05) is 5.32 Å². The third kappa shape index (κ3) is 3.73. The number of thiophene rings is 1. The fourth-order valence-corrected chi connectivity index (χ4v) is 4.07. The Kier molecular flexibility index (Phi) is 4.87. The van der Waals surface area contributed by atoms with Crippen molar-refractivity contribution in [2.24, 2.45) is 0 Å². The molecule has 0 aliphatic heterocycles. The van der Waals surface area contributed by atoms with Gasteiger partial charge in [0.1, 0.15) is 5.51 Å². The minimum Gasteiger partial charge on any atom is -0.326 e. The van der Waals surface area contributed by atoms with Crippen molar-refractivity contribution in [3.8, 4) is 0 Å². The summed E-state index contributed by atoms with van der Waals surface area (Å²) in [4.78, 5) is 14.4. The highest BCUT2D eigenvalue weighted by Gasteiger charge is 2.16. The average molecular weight is 347 g/mol. The van der Waals surface area contributed by atoms with Crippen LogP contribution in [0.2, 0.25) is 0 Å². The number of nitrogens with zero attached hydrogens (tertiary/aromatic N) is 2. The standard InChI is InChI=1S/C15H13N3OS3/c1-10(13-3-2-8-20-13)14(19)17-11-4-6-12(7-5-11)22-15-18-16-9-21-15/h2-10H,1H3,(H,17,19)/t10-/m1/s1. The highest BCUT2D eigenvalue weighted by molar-refractivity contribution is 8.01. The van der Waals surface area contributed by atoms with Crippen molar-refractivity contribution >= 4 is 46.0 Å². The maximum atomic E-state index is 12.2. The van der Waals surface area contributed by atoms with Gasteiger partial charge >= 0.3 is 0 Å². The summed E-state index contributed by atoms with van der Waals surface area (Å²) in [7, 11) is 0. The number of hydrogen-bond donors (Lipinski definition) is 1. The Bertz CT molecular complexity index is 724. The first-order valence-corrected chi connectivity index (χ1v) is 9.18. The number of benzene rings is 1. The van der Waals surface area contributed by atoms with E-state index in [0.717, 1.165) is 19.8 Å². The second kappa shape index (κ2) is 7.04. The summed E-state index contributed by atoms with van der Waals surface area (Å²) in [5.41, 5.74) is 2.51. The molecule has 1 atom stereocenters. The molecule has 0 bridgehead atoms. The number of rotatable bonds is 5. The van der Waals surface area contributed by atoms with Gasteiger partial charge in [0.2, 0.25) is 5.91 Å². The van der Waals surface area contributed by atoms with E-state index < -0.39 is 0 Å². The van der Waals surface area contributed by atoms with E-state index in [0.29, 0.717) is 0 Å². The second-order valence-electron chi connectivity index (χ2n) is 4.56. The Balaban J connectivity index is 1.62. The van der Waals surface area contributed by atoms with Crippen molar-refractivity contribution in [1.29, 1.82) is 0 Å². The third-order valence-electron chi connectivity index (χ3n) is 3.03. The van der Waals surface area contributed by atoms with Crippen LogP contribution < -0.4 is 5.32 Å². The molecular weight excluding hydrogens is 334 g/mol. The molecule has 22 heavy (non-hydrogen) atoms. The van der Waals surface area contributed by atoms with Crippen LogP contribution >= 0.6 is 34.4 Å². The van der Waals surface area contributed by atoms with Crippen LogP contribution in [0.3, 0.4) is 0 Å². The van der Waals surface area contributed by atoms with Crippen molar-refractivity contribution in [1.82, 2.24) is 10.2 Å². The average Bonchev–Trinajstić information content (AvgIpc) is 3.21. The Labute approximate surface area is 140 Å². The van der Waals surface area contributed by atoms with E-state index in [2.05, 4.69) is 15.5 Å². The molecular formula is C15H13N3OS3. The van der Waals surface area contributed by atoms with Crippen molar-refractivity contribution in [2.45, 2.75) is 22.1 Å². The van der Waals surface area contributed by atoms with Gasteiger partial charge in [-0.3, -0.25) is 4.79 Å². The molecule has 1 N–H and O–H groups in total. The van der Waals surface area contributed by atoms with E-state index in [4.69, 9.17) is 0 Å². The molecule has 0 aliphatic rings. The third-order valence-corrected chi connectivity index (χ3v) is 5.87. The SMILES string of the molecule is C[C@@H](C(=O)Nc1ccc(Sc2nncs2)cc1)c1cccs1. The highest BCUT2D eigenvalue weighted by Crippen LogP contribution is 2.29. The Hall–Kier alpha value is -1.70. The summed E-state index contributed by atoms with van der Waals surface area (Å²) in [6.07, 6.45) is 0. The molecule has 0 saturated heterocycles. The molecule has 0 fully saturated rings. The zero-order valence-corrected chi connectivity index (χ0v) is 14.2. The van der Waals surface area contributed by atoms with Gasteiger partial charge in [-0.2, -0.15) is 0 Å². The van der Waals surface area contributed by atoms with Crippen LogP contribution in [-0.4, -0.2) is 16.1 Å². The number of nitrogens with one attached hydrogen (secondary N) is 1. The van der Waals surface area contributed by atoms with Crippen molar-refractivity contribution in [3.63, 3.8) is 0 Å². The topological polar surface area (TPSA) is 54.9 Å². The first-order valence-electron chi connectivity index (χ1n) is 6.61. The molecule has 0 unspecified atom stereocenters. The molecule has 3 rings (SSSR count). The predicted molar refractivity (Wildman–Crippen MR) is 91.8 cm³/mol.